The van der Waals surface area contributed by atoms with E-state index in [1.54, 1.807) is 11.3 Å². The van der Waals surface area contributed by atoms with Crippen molar-refractivity contribution < 1.29 is 4.42 Å². The van der Waals surface area contributed by atoms with Crippen molar-refractivity contribution in [2.45, 2.75) is 0 Å². The highest BCUT2D eigenvalue weighted by Crippen LogP contribution is 2.44. The molecule has 0 bridgehead atoms. The van der Waals surface area contributed by atoms with Crippen LogP contribution >= 0.6 is 11.3 Å². The number of rotatable bonds is 5. The maximum atomic E-state index is 6.38. The summed E-state index contributed by atoms with van der Waals surface area (Å²) < 4.78 is 8.65. The average molecular weight is 659 g/mol. The molecule has 0 aliphatic heterocycles. The Labute approximate surface area is 291 Å². The van der Waals surface area contributed by atoms with E-state index < -0.39 is 0 Å². The topological polar surface area (TPSA) is 64.7 Å². The number of benzene rings is 6. The number of hydrogen-bond donors (Lipinski definition) is 0. The van der Waals surface area contributed by atoms with Crippen LogP contribution in [0.15, 0.2) is 162 Å². The summed E-state index contributed by atoms with van der Waals surface area (Å²) in [5.41, 5.74) is 9.88. The SMILES string of the molecule is c1ccc(-c2cc(-c3ccccc3)nc(-c3cccc4c3sc3cccc(-c5nc(-c6ccccc6)c6oc7ccccc7c6n5)c34)n2)cc1. The van der Waals surface area contributed by atoms with Crippen LogP contribution in [0.25, 0.3) is 98.8 Å². The second-order valence-corrected chi connectivity index (χ2v) is 13.2. The molecular formula is C44H26N4OS. The van der Waals surface area contributed by atoms with E-state index in [4.69, 9.17) is 24.4 Å². The zero-order valence-electron chi connectivity index (χ0n) is 26.6. The molecule has 4 heterocycles. The van der Waals surface area contributed by atoms with E-state index in [1.165, 1.54) is 0 Å². The van der Waals surface area contributed by atoms with E-state index in [2.05, 4.69) is 84.9 Å². The van der Waals surface area contributed by atoms with Gasteiger partial charge < -0.3 is 4.42 Å². The predicted molar refractivity (Wildman–Crippen MR) is 205 cm³/mol. The van der Waals surface area contributed by atoms with E-state index in [0.29, 0.717) is 17.2 Å². The average Bonchev–Trinajstić information content (AvgIpc) is 3.77. The highest BCUT2D eigenvalue weighted by atomic mass is 32.1. The third kappa shape index (κ3) is 4.69. The van der Waals surface area contributed by atoms with Crippen molar-refractivity contribution in [2.24, 2.45) is 0 Å². The highest BCUT2D eigenvalue weighted by Gasteiger charge is 2.22. The van der Waals surface area contributed by atoms with Crippen LogP contribution in [-0.2, 0) is 0 Å². The minimum atomic E-state index is 0.660. The largest absolute Gasteiger partial charge is 0.452 e. The Morgan fingerprint density at radius 3 is 1.76 bits per heavy atom. The minimum absolute atomic E-state index is 0.660. The van der Waals surface area contributed by atoms with E-state index in [9.17, 15) is 0 Å². The van der Waals surface area contributed by atoms with Crippen LogP contribution in [0.1, 0.15) is 0 Å². The Hall–Kier alpha value is -6.50. The lowest BCUT2D eigenvalue weighted by molar-refractivity contribution is 0.667. The fraction of sp³-hybridized carbons (Fsp3) is 0. The summed E-state index contributed by atoms with van der Waals surface area (Å²) in [7, 11) is 0. The van der Waals surface area contributed by atoms with Gasteiger partial charge in [0.15, 0.2) is 17.2 Å². The maximum Gasteiger partial charge on any atom is 0.180 e. The lowest BCUT2D eigenvalue weighted by Crippen LogP contribution is -1.96. The van der Waals surface area contributed by atoms with E-state index in [0.717, 1.165) is 81.6 Å². The van der Waals surface area contributed by atoms with Gasteiger partial charge in [0.25, 0.3) is 0 Å². The molecule has 10 aromatic rings. The molecule has 0 aliphatic carbocycles. The summed E-state index contributed by atoms with van der Waals surface area (Å²) >= 11 is 1.75. The number of hydrogen-bond acceptors (Lipinski definition) is 6. The first-order valence-electron chi connectivity index (χ1n) is 16.5. The van der Waals surface area contributed by atoms with Gasteiger partial charge >= 0.3 is 0 Å². The second kappa shape index (κ2) is 11.6. The summed E-state index contributed by atoms with van der Waals surface area (Å²) in [5, 5.41) is 3.20. The molecule has 5 nitrogen and oxygen atoms in total. The first-order chi connectivity index (χ1) is 24.8. The van der Waals surface area contributed by atoms with Crippen molar-refractivity contribution in [2.75, 3.05) is 0 Å². The molecule has 0 spiro atoms. The molecular weight excluding hydrogens is 633 g/mol. The van der Waals surface area contributed by atoms with Crippen LogP contribution in [0.3, 0.4) is 0 Å². The fourth-order valence-electron chi connectivity index (χ4n) is 6.79. The Kier molecular flexibility index (Phi) is 6.60. The van der Waals surface area contributed by atoms with Gasteiger partial charge in [-0.15, -0.1) is 11.3 Å². The number of thiophene rings is 1. The minimum Gasteiger partial charge on any atom is -0.452 e. The van der Waals surface area contributed by atoms with Gasteiger partial charge in [-0.1, -0.05) is 127 Å². The monoisotopic (exact) mass is 658 g/mol. The number of furan rings is 1. The Morgan fingerprint density at radius 2 is 1.04 bits per heavy atom. The van der Waals surface area contributed by atoms with Crippen LogP contribution in [0.5, 0.6) is 0 Å². The molecule has 0 N–H and O–H groups in total. The molecule has 0 saturated heterocycles. The van der Waals surface area contributed by atoms with Gasteiger partial charge in [0.2, 0.25) is 0 Å². The van der Waals surface area contributed by atoms with Crippen LogP contribution in [-0.4, -0.2) is 19.9 Å². The smallest absolute Gasteiger partial charge is 0.180 e. The van der Waals surface area contributed by atoms with Crippen LogP contribution < -0.4 is 0 Å². The van der Waals surface area contributed by atoms with Crippen molar-refractivity contribution in [1.29, 1.82) is 0 Å². The van der Waals surface area contributed by atoms with Gasteiger partial charge in [0, 0.05) is 53.4 Å². The molecule has 0 amide bonds. The van der Waals surface area contributed by atoms with Crippen molar-refractivity contribution in [3.63, 3.8) is 0 Å². The lowest BCUT2D eigenvalue weighted by Gasteiger charge is -2.10. The molecule has 0 radical (unpaired) electrons. The molecule has 6 aromatic carbocycles. The van der Waals surface area contributed by atoms with Gasteiger partial charge in [0.05, 0.1) is 11.4 Å². The summed E-state index contributed by atoms with van der Waals surface area (Å²) in [6, 6.07) is 53.7. The first-order valence-corrected chi connectivity index (χ1v) is 17.3. The predicted octanol–water partition coefficient (Wildman–Crippen LogP) is 11.9. The quantitative estimate of drug-likeness (QED) is 0.184. The van der Waals surface area contributed by atoms with Gasteiger partial charge in [-0.05, 0) is 30.3 Å². The number of para-hydroxylation sites is 1. The van der Waals surface area contributed by atoms with Gasteiger partial charge in [-0.2, -0.15) is 0 Å². The Bertz CT molecular complexity index is 2810. The normalized spacial score (nSPS) is 11.6. The fourth-order valence-corrected chi connectivity index (χ4v) is 8.03. The van der Waals surface area contributed by atoms with Crippen LogP contribution in [0.4, 0.5) is 0 Å². The molecule has 234 valence electrons. The summed E-state index contributed by atoms with van der Waals surface area (Å²) in [4.78, 5) is 20.7. The highest BCUT2D eigenvalue weighted by molar-refractivity contribution is 7.26. The third-order valence-corrected chi connectivity index (χ3v) is 10.3. The number of fused-ring (bicyclic) bond motifs is 6. The molecule has 0 fully saturated rings. The van der Waals surface area contributed by atoms with E-state index in [1.807, 2.05) is 72.8 Å². The third-order valence-electron chi connectivity index (χ3n) is 9.14. The second-order valence-electron chi connectivity index (χ2n) is 12.2. The molecule has 10 rings (SSSR count). The molecule has 6 heteroatoms. The standard InChI is InChI=1S/C44H26N4OS/c1-4-14-27(15-5-1)34-26-35(28-16-6-2-7-17-28)46-44(45-34)33-23-12-21-31-38-32(22-13-25-37(38)50-42(31)33)43-47-39(29-18-8-3-9-19-29)41-40(48-43)30-20-10-11-24-36(30)49-41/h1-26H. The summed E-state index contributed by atoms with van der Waals surface area (Å²) in [6.07, 6.45) is 0. The zero-order chi connectivity index (χ0) is 33.0. The molecule has 0 saturated carbocycles. The molecule has 0 unspecified atom stereocenters. The number of aromatic nitrogens is 4. The van der Waals surface area contributed by atoms with Crippen LogP contribution in [0.2, 0.25) is 0 Å². The summed E-state index contributed by atoms with van der Waals surface area (Å²) in [6.45, 7) is 0. The maximum absolute atomic E-state index is 6.38. The van der Waals surface area contributed by atoms with Crippen molar-refractivity contribution >= 4 is 53.6 Å². The molecule has 0 atom stereocenters. The summed E-state index contributed by atoms with van der Waals surface area (Å²) in [5.74, 6) is 1.35. The van der Waals surface area contributed by atoms with E-state index in [-0.39, 0.29) is 0 Å². The Balaban J connectivity index is 1.21. The van der Waals surface area contributed by atoms with Crippen molar-refractivity contribution in [1.82, 2.24) is 19.9 Å². The number of nitrogens with zero attached hydrogens (tertiary/aromatic N) is 4. The molecule has 4 aromatic heterocycles. The van der Waals surface area contributed by atoms with Crippen molar-refractivity contribution in [3.05, 3.63) is 158 Å². The first kappa shape index (κ1) is 28.5. The molecule has 0 aliphatic rings. The van der Waals surface area contributed by atoms with Gasteiger partial charge in [0.1, 0.15) is 16.8 Å². The zero-order valence-corrected chi connectivity index (χ0v) is 27.4. The lowest BCUT2D eigenvalue weighted by atomic mass is 10.0. The molecule has 50 heavy (non-hydrogen) atoms. The van der Waals surface area contributed by atoms with Crippen molar-refractivity contribution in [3.8, 4) is 56.5 Å². The van der Waals surface area contributed by atoms with Gasteiger partial charge in [-0.25, -0.2) is 19.9 Å². The van der Waals surface area contributed by atoms with Crippen LogP contribution in [0, 0.1) is 0 Å². The van der Waals surface area contributed by atoms with Gasteiger partial charge in [-0.3, -0.25) is 0 Å². The van der Waals surface area contributed by atoms with E-state index >= 15 is 0 Å². The Morgan fingerprint density at radius 1 is 0.460 bits per heavy atom.